The SMILES string of the molecule is O=c1n(Cc2ccc(F)cc2Cl)nc2ccccn12. The summed E-state index contributed by atoms with van der Waals surface area (Å²) in [5.74, 6) is -0.406. The molecule has 0 fully saturated rings. The van der Waals surface area contributed by atoms with Gasteiger partial charge in [-0.25, -0.2) is 13.9 Å². The van der Waals surface area contributed by atoms with Gasteiger partial charge in [-0.1, -0.05) is 23.7 Å². The maximum atomic E-state index is 13.0. The normalized spacial score (nSPS) is 11.1. The molecule has 2 heterocycles. The zero-order valence-corrected chi connectivity index (χ0v) is 10.5. The Hall–Kier alpha value is -2.14. The number of nitrogens with zero attached hydrogens (tertiary/aromatic N) is 3. The first-order chi connectivity index (χ1) is 9.15. The van der Waals surface area contributed by atoms with Gasteiger partial charge in [0.05, 0.1) is 6.54 Å². The largest absolute Gasteiger partial charge is 0.350 e. The molecule has 0 atom stereocenters. The molecule has 0 bridgehead atoms. The van der Waals surface area contributed by atoms with Gasteiger partial charge >= 0.3 is 5.69 Å². The molecule has 2 aromatic heterocycles. The van der Waals surface area contributed by atoms with Crippen LogP contribution in [-0.4, -0.2) is 14.2 Å². The van der Waals surface area contributed by atoms with E-state index in [1.54, 1.807) is 30.5 Å². The van der Waals surface area contributed by atoms with Gasteiger partial charge < -0.3 is 0 Å². The molecule has 0 spiro atoms. The van der Waals surface area contributed by atoms with E-state index in [0.29, 0.717) is 11.2 Å². The number of hydrogen-bond donors (Lipinski definition) is 0. The van der Waals surface area contributed by atoms with Crippen LogP contribution in [0.5, 0.6) is 0 Å². The Labute approximate surface area is 112 Å². The number of benzene rings is 1. The van der Waals surface area contributed by atoms with Crippen LogP contribution in [0.15, 0.2) is 47.4 Å². The fourth-order valence-corrected chi connectivity index (χ4v) is 2.11. The fourth-order valence-electron chi connectivity index (χ4n) is 1.88. The molecule has 0 saturated carbocycles. The van der Waals surface area contributed by atoms with E-state index in [0.717, 1.165) is 0 Å². The van der Waals surface area contributed by atoms with Crippen LogP contribution in [0.25, 0.3) is 5.65 Å². The summed E-state index contributed by atoms with van der Waals surface area (Å²) < 4.78 is 15.7. The Bertz CT molecular complexity index is 809. The van der Waals surface area contributed by atoms with Crippen molar-refractivity contribution in [1.82, 2.24) is 14.2 Å². The quantitative estimate of drug-likeness (QED) is 0.721. The summed E-state index contributed by atoms with van der Waals surface area (Å²) in [5.41, 5.74) is 0.954. The van der Waals surface area contributed by atoms with Gasteiger partial charge in [0.1, 0.15) is 5.82 Å². The monoisotopic (exact) mass is 277 g/mol. The van der Waals surface area contributed by atoms with Gasteiger partial charge in [-0.2, -0.15) is 0 Å². The first kappa shape index (κ1) is 11.9. The second-order valence-electron chi connectivity index (χ2n) is 4.10. The van der Waals surface area contributed by atoms with E-state index in [2.05, 4.69) is 5.10 Å². The van der Waals surface area contributed by atoms with Crippen molar-refractivity contribution in [3.05, 3.63) is 69.5 Å². The van der Waals surface area contributed by atoms with E-state index in [4.69, 9.17) is 11.6 Å². The number of fused-ring (bicyclic) bond motifs is 1. The highest BCUT2D eigenvalue weighted by molar-refractivity contribution is 6.31. The molecule has 4 nitrogen and oxygen atoms in total. The van der Waals surface area contributed by atoms with Gasteiger partial charge in [0.15, 0.2) is 5.65 Å². The van der Waals surface area contributed by atoms with Crippen molar-refractivity contribution in [2.75, 3.05) is 0 Å². The van der Waals surface area contributed by atoms with E-state index in [1.807, 2.05) is 0 Å². The van der Waals surface area contributed by atoms with E-state index >= 15 is 0 Å². The van der Waals surface area contributed by atoms with Crippen molar-refractivity contribution in [2.24, 2.45) is 0 Å². The third-order valence-corrected chi connectivity index (χ3v) is 3.18. The van der Waals surface area contributed by atoms with E-state index in [9.17, 15) is 9.18 Å². The molecule has 0 radical (unpaired) electrons. The lowest BCUT2D eigenvalue weighted by Gasteiger charge is -2.03. The van der Waals surface area contributed by atoms with E-state index in [-0.39, 0.29) is 17.3 Å². The van der Waals surface area contributed by atoms with Crippen LogP contribution >= 0.6 is 11.6 Å². The van der Waals surface area contributed by atoms with Crippen LogP contribution in [0, 0.1) is 5.82 Å². The Morgan fingerprint density at radius 3 is 2.84 bits per heavy atom. The van der Waals surface area contributed by atoms with Gasteiger partial charge in [0.2, 0.25) is 0 Å². The molecule has 0 aliphatic carbocycles. The third kappa shape index (κ3) is 2.13. The summed E-state index contributed by atoms with van der Waals surface area (Å²) in [4.78, 5) is 12.1. The van der Waals surface area contributed by atoms with Crippen molar-refractivity contribution in [3.8, 4) is 0 Å². The van der Waals surface area contributed by atoms with Crippen LogP contribution in [0.3, 0.4) is 0 Å². The second-order valence-corrected chi connectivity index (χ2v) is 4.51. The number of rotatable bonds is 2. The summed E-state index contributed by atoms with van der Waals surface area (Å²) >= 11 is 5.94. The van der Waals surface area contributed by atoms with Crippen LogP contribution in [0.2, 0.25) is 5.02 Å². The van der Waals surface area contributed by atoms with Gasteiger partial charge in [-0.3, -0.25) is 4.40 Å². The Morgan fingerprint density at radius 1 is 1.26 bits per heavy atom. The molecule has 0 amide bonds. The molecule has 96 valence electrons. The van der Waals surface area contributed by atoms with Crippen LogP contribution in [-0.2, 0) is 6.54 Å². The topological polar surface area (TPSA) is 39.3 Å². The maximum absolute atomic E-state index is 13.0. The minimum absolute atomic E-state index is 0.208. The summed E-state index contributed by atoms with van der Waals surface area (Å²) in [7, 11) is 0. The smallest absolute Gasteiger partial charge is 0.250 e. The predicted molar refractivity (Wildman–Crippen MR) is 70.0 cm³/mol. The number of halogens is 2. The Balaban J connectivity index is 2.06. The lowest BCUT2D eigenvalue weighted by atomic mass is 10.2. The van der Waals surface area contributed by atoms with Gasteiger partial charge in [-0.05, 0) is 29.8 Å². The first-order valence-corrected chi connectivity index (χ1v) is 6.01. The first-order valence-electron chi connectivity index (χ1n) is 5.63. The minimum Gasteiger partial charge on any atom is -0.250 e. The van der Waals surface area contributed by atoms with Crippen molar-refractivity contribution in [1.29, 1.82) is 0 Å². The lowest BCUT2D eigenvalue weighted by molar-refractivity contribution is 0.622. The second kappa shape index (κ2) is 4.51. The molecule has 0 unspecified atom stereocenters. The summed E-state index contributed by atoms with van der Waals surface area (Å²) in [6, 6.07) is 9.38. The zero-order valence-electron chi connectivity index (χ0n) is 9.75. The molecule has 0 N–H and O–H groups in total. The standard InChI is InChI=1S/C13H9ClFN3O/c14-11-7-10(15)5-4-9(11)8-18-13(19)17-6-2-1-3-12(17)16-18/h1-7H,8H2. The number of hydrogen-bond acceptors (Lipinski definition) is 2. The summed E-state index contributed by atoms with van der Waals surface area (Å²) in [6.45, 7) is 0.208. The highest BCUT2D eigenvalue weighted by Gasteiger charge is 2.09. The van der Waals surface area contributed by atoms with Gasteiger partial charge in [0, 0.05) is 11.2 Å². The zero-order chi connectivity index (χ0) is 13.4. The molecule has 3 rings (SSSR count). The van der Waals surface area contributed by atoms with E-state index in [1.165, 1.54) is 21.2 Å². The maximum Gasteiger partial charge on any atom is 0.350 e. The molecule has 0 saturated heterocycles. The molecular weight excluding hydrogens is 269 g/mol. The van der Waals surface area contributed by atoms with Crippen LogP contribution < -0.4 is 5.69 Å². The van der Waals surface area contributed by atoms with Gasteiger partial charge in [0.25, 0.3) is 0 Å². The molecular formula is C13H9ClFN3O. The average molecular weight is 278 g/mol. The van der Waals surface area contributed by atoms with Crippen LogP contribution in [0.4, 0.5) is 4.39 Å². The molecule has 19 heavy (non-hydrogen) atoms. The highest BCUT2D eigenvalue weighted by atomic mass is 35.5. The summed E-state index contributed by atoms with van der Waals surface area (Å²) in [6.07, 6.45) is 1.65. The van der Waals surface area contributed by atoms with Crippen molar-refractivity contribution in [2.45, 2.75) is 6.54 Å². The summed E-state index contributed by atoms with van der Waals surface area (Å²) in [5, 5.41) is 4.47. The third-order valence-electron chi connectivity index (χ3n) is 2.82. The average Bonchev–Trinajstić information content (AvgIpc) is 2.70. The van der Waals surface area contributed by atoms with Crippen molar-refractivity contribution >= 4 is 17.2 Å². The van der Waals surface area contributed by atoms with Crippen molar-refractivity contribution in [3.63, 3.8) is 0 Å². The Morgan fingerprint density at radius 2 is 2.11 bits per heavy atom. The molecule has 1 aromatic carbocycles. The van der Waals surface area contributed by atoms with E-state index < -0.39 is 5.82 Å². The molecule has 0 aliphatic heterocycles. The van der Waals surface area contributed by atoms with Crippen molar-refractivity contribution < 1.29 is 4.39 Å². The van der Waals surface area contributed by atoms with Crippen LogP contribution in [0.1, 0.15) is 5.56 Å². The highest BCUT2D eigenvalue weighted by Crippen LogP contribution is 2.17. The molecule has 6 heteroatoms. The predicted octanol–water partition coefficient (Wildman–Crippen LogP) is 2.34. The Kier molecular flexibility index (Phi) is 2.83. The molecule has 3 aromatic rings. The minimum atomic E-state index is -0.406. The lowest BCUT2D eigenvalue weighted by Crippen LogP contribution is -2.21. The number of aromatic nitrogens is 3. The number of pyridine rings is 1. The van der Waals surface area contributed by atoms with Gasteiger partial charge in [-0.15, -0.1) is 5.10 Å². The fraction of sp³-hybridized carbons (Fsp3) is 0.0769. The molecule has 0 aliphatic rings.